The molecule has 3 rings (SSSR count). The fourth-order valence-corrected chi connectivity index (χ4v) is 2.52. The predicted molar refractivity (Wildman–Crippen MR) is 43.4 cm³/mol. The van der Waals surface area contributed by atoms with Crippen LogP contribution in [-0.4, -0.2) is 30.3 Å². The van der Waals surface area contributed by atoms with Gasteiger partial charge in [-0.1, -0.05) is 0 Å². The molecule has 62 valence electrons. The van der Waals surface area contributed by atoms with Crippen LogP contribution in [0.4, 0.5) is 0 Å². The lowest BCUT2D eigenvalue weighted by Gasteiger charge is -2.50. The monoisotopic (exact) mass is 153 g/mol. The molecule has 0 unspecified atom stereocenters. The molecule has 0 atom stereocenters. The molecular weight excluding hydrogens is 138 g/mol. The lowest BCUT2D eigenvalue weighted by Crippen LogP contribution is -2.57. The fourth-order valence-electron chi connectivity index (χ4n) is 2.52. The Bertz CT molecular complexity index is 170. The highest BCUT2D eigenvalue weighted by molar-refractivity contribution is 5.65. The van der Waals surface area contributed by atoms with Crippen LogP contribution in [0, 0.1) is 5.92 Å². The zero-order valence-corrected chi connectivity index (χ0v) is 7.05. The van der Waals surface area contributed by atoms with Crippen LogP contribution in [-0.2, 0) is 4.79 Å². The summed E-state index contributed by atoms with van der Waals surface area (Å²) in [5, 5.41) is 0. The van der Waals surface area contributed by atoms with E-state index in [1.54, 1.807) is 0 Å². The third-order valence-electron chi connectivity index (χ3n) is 3.48. The van der Waals surface area contributed by atoms with Gasteiger partial charge in [-0.05, 0) is 38.6 Å². The van der Waals surface area contributed by atoms with Crippen LogP contribution in [0.5, 0.6) is 0 Å². The van der Waals surface area contributed by atoms with E-state index in [9.17, 15) is 4.79 Å². The Hall–Kier alpha value is -0.370. The highest BCUT2D eigenvalue weighted by Gasteiger charge is 2.43. The molecule has 2 saturated heterocycles. The third-order valence-corrected chi connectivity index (χ3v) is 3.48. The summed E-state index contributed by atoms with van der Waals surface area (Å²) in [4.78, 5) is 13.2. The van der Waals surface area contributed by atoms with E-state index in [1.165, 1.54) is 19.1 Å². The van der Waals surface area contributed by atoms with Gasteiger partial charge < -0.3 is 4.79 Å². The first-order valence-corrected chi connectivity index (χ1v) is 4.44. The Labute approximate surface area is 67.6 Å². The number of piperidine rings is 2. The van der Waals surface area contributed by atoms with Gasteiger partial charge in [-0.15, -0.1) is 0 Å². The summed E-state index contributed by atoms with van der Waals surface area (Å²) >= 11 is 0. The van der Waals surface area contributed by atoms with Gasteiger partial charge in [0.25, 0.3) is 0 Å². The molecule has 1 saturated carbocycles. The summed E-state index contributed by atoms with van der Waals surface area (Å²) in [6.07, 6.45) is 5.89. The average molecular weight is 153 g/mol. The van der Waals surface area contributed by atoms with Crippen LogP contribution in [0.3, 0.4) is 0 Å². The fraction of sp³-hybridized carbons (Fsp3) is 0.889. The number of likely N-dealkylation sites (N-methyl/N-ethyl adjacent to an activating group) is 1. The van der Waals surface area contributed by atoms with Crippen molar-refractivity contribution in [1.29, 1.82) is 0 Å². The highest BCUT2D eigenvalue weighted by Crippen LogP contribution is 2.40. The molecule has 1 aliphatic carbocycles. The molecule has 0 aromatic heterocycles. The van der Waals surface area contributed by atoms with Gasteiger partial charge in [-0.3, -0.25) is 4.90 Å². The Kier molecular flexibility index (Phi) is 1.53. The molecule has 11 heavy (non-hydrogen) atoms. The minimum Gasteiger partial charge on any atom is -0.301 e. The molecule has 2 heterocycles. The van der Waals surface area contributed by atoms with Gasteiger partial charge in [-0.2, -0.15) is 0 Å². The highest BCUT2D eigenvalue weighted by atomic mass is 16.1. The van der Waals surface area contributed by atoms with Crippen LogP contribution in [0.15, 0.2) is 0 Å². The molecule has 3 fully saturated rings. The van der Waals surface area contributed by atoms with Crippen molar-refractivity contribution in [2.24, 2.45) is 5.92 Å². The zero-order chi connectivity index (χ0) is 7.90. The molecule has 2 bridgehead atoms. The van der Waals surface area contributed by atoms with E-state index >= 15 is 0 Å². The molecule has 0 aromatic carbocycles. The zero-order valence-electron chi connectivity index (χ0n) is 7.05. The second kappa shape index (κ2) is 2.31. The van der Waals surface area contributed by atoms with E-state index in [0.29, 0.717) is 0 Å². The van der Waals surface area contributed by atoms with E-state index in [-0.39, 0.29) is 5.54 Å². The normalized spacial score (nSPS) is 44.3. The van der Waals surface area contributed by atoms with E-state index in [1.807, 2.05) is 0 Å². The lowest BCUT2D eigenvalue weighted by molar-refractivity contribution is -0.125. The maximum atomic E-state index is 10.9. The first-order chi connectivity index (χ1) is 5.27. The summed E-state index contributed by atoms with van der Waals surface area (Å²) in [6.45, 7) is 1.14. The van der Waals surface area contributed by atoms with Crippen molar-refractivity contribution in [1.82, 2.24) is 4.90 Å². The quantitative estimate of drug-likeness (QED) is 0.525. The van der Waals surface area contributed by atoms with Crippen LogP contribution in [0.1, 0.15) is 25.7 Å². The molecular formula is C9H15NO. The van der Waals surface area contributed by atoms with Crippen molar-refractivity contribution in [2.45, 2.75) is 31.2 Å². The van der Waals surface area contributed by atoms with Crippen molar-refractivity contribution in [2.75, 3.05) is 13.6 Å². The number of carbonyl (C=O) groups is 1. The number of nitrogens with zero attached hydrogens (tertiary/aromatic N) is 1. The minimum atomic E-state index is -0.0608. The van der Waals surface area contributed by atoms with Crippen molar-refractivity contribution in [3.63, 3.8) is 0 Å². The van der Waals surface area contributed by atoms with E-state index < -0.39 is 0 Å². The van der Waals surface area contributed by atoms with Gasteiger partial charge >= 0.3 is 0 Å². The maximum Gasteiger partial charge on any atom is 0.140 e. The third kappa shape index (κ3) is 0.924. The molecule has 2 heteroatoms. The van der Waals surface area contributed by atoms with Crippen molar-refractivity contribution in [3.8, 4) is 0 Å². The molecule has 0 radical (unpaired) electrons. The first kappa shape index (κ1) is 7.29. The molecule has 3 aliphatic rings. The van der Waals surface area contributed by atoms with Crippen molar-refractivity contribution in [3.05, 3.63) is 0 Å². The second-order valence-electron chi connectivity index (χ2n) is 4.05. The van der Waals surface area contributed by atoms with Crippen LogP contribution in [0.2, 0.25) is 0 Å². The van der Waals surface area contributed by atoms with Crippen molar-refractivity contribution < 1.29 is 4.79 Å². The lowest BCUT2D eigenvalue weighted by atomic mass is 9.71. The maximum absolute atomic E-state index is 10.9. The Morgan fingerprint density at radius 2 is 2.09 bits per heavy atom. The second-order valence-corrected chi connectivity index (χ2v) is 4.05. The Morgan fingerprint density at radius 1 is 1.45 bits per heavy atom. The van der Waals surface area contributed by atoms with Gasteiger partial charge in [0.1, 0.15) is 6.29 Å². The first-order valence-electron chi connectivity index (χ1n) is 4.44. The number of fused-ring (bicyclic) bond motifs is 3. The SMILES string of the molecule is CN1CC2CCC1(C=O)CC2. The Morgan fingerprint density at radius 3 is 2.45 bits per heavy atom. The molecule has 2 nitrogen and oxygen atoms in total. The topological polar surface area (TPSA) is 20.3 Å². The average Bonchev–Trinajstić information content (AvgIpc) is 2.07. The van der Waals surface area contributed by atoms with E-state index in [0.717, 1.165) is 25.3 Å². The smallest absolute Gasteiger partial charge is 0.140 e. The molecule has 2 aliphatic heterocycles. The molecule has 0 N–H and O–H groups in total. The van der Waals surface area contributed by atoms with Gasteiger partial charge in [0.15, 0.2) is 0 Å². The van der Waals surface area contributed by atoms with E-state index in [4.69, 9.17) is 0 Å². The van der Waals surface area contributed by atoms with Gasteiger partial charge in [-0.25, -0.2) is 0 Å². The number of rotatable bonds is 1. The van der Waals surface area contributed by atoms with Crippen LogP contribution < -0.4 is 0 Å². The van der Waals surface area contributed by atoms with Gasteiger partial charge in [0.2, 0.25) is 0 Å². The molecule has 0 spiro atoms. The summed E-state index contributed by atoms with van der Waals surface area (Å²) in [5.74, 6) is 0.877. The number of aldehydes is 1. The number of carbonyl (C=O) groups excluding carboxylic acids is 1. The Balaban J connectivity index is 2.22. The van der Waals surface area contributed by atoms with Gasteiger partial charge in [0, 0.05) is 6.54 Å². The standard InChI is InChI=1S/C9H15NO/c1-10-6-8-2-4-9(10,7-11)5-3-8/h7-8H,2-6H2,1H3. The van der Waals surface area contributed by atoms with Gasteiger partial charge in [0.05, 0.1) is 5.54 Å². The summed E-state index contributed by atoms with van der Waals surface area (Å²) in [5.41, 5.74) is -0.0608. The van der Waals surface area contributed by atoms with Crippen LogP contribution in [0.25, 0.3) is 0 Å². The summed E-state index contributed by atoms with van der Waals surface area (Å²) < 4.78 is 0. The summed E-state index contributed by atoms with van der Waals surface area (Å²) in [7, 11) is 2.08. The van der Waals surface area contributed by atoms with Crippen LogP contribution >= 0.6 is 0 Å². The summed E-state index contributed by atoms with van der Waals surface area (Å²) in [6, 6.07) is 0. The van der Waals surface area contributed by atoms with E-state index in [2.05, 4.69) is 11.9 Å². The van der Waals surface area contributed by atoms with Crippen molar-refractivity contribution >= 4 is 6.29 Å². The number of hydrogen-bond acceptors (Lipinski definition) is 2. The molecule has 0 amide bonds. The molecule has 0 aromatic rings. The largest absolute Gasteiger partial charge is 0.301 e. The minimum absolute atomic E-state index is 0.0608. The number of hydrogen-bond donors (Lipinski definition) is 0. The predicted octanol–water partition coefficient (Wildman–Crippen LogP) is 1.06.